The van der Waals surface area contributed by atoms with E-state index in [1.807, 2.05) is 32.9 Å². The molecule has 2 aromatic carbocycles. The number of imidazole rings is 1. The average Bonchev–Trinajstić information content (AvgIpc) is 3.60. The Morgan fingerprint density at radius 3 is 2.72 bits per heavy atom. The van der Waals surface area contributed by atoms with Gasteiger partial charge in [0.1, 0.15) is 34.3 Å². The number of likely N-dealkylation sites (tertiary alicyclic amines) is 1. The van der Waals surface area contributed by atoms with Gasteiger partial charge in [0, 0.05) is 36.6 Å². The molecule has 11 heteroatoms. The van der Waals surface area contributed by atoms with Gasteiger partial charge in [0.25, 0.3) is 5.91 Å². The fourth-order valence-electron chi connectivity index (χ4n) is 6.28. The molecule has 0 bridgehead atoms. The van der Waals surface area contributed by atoms with Crippen LogP contribution in [0.25, 0.3) is 33.5 Å². The van der Waals surface area contributed by atoms with Gasteiger partial charge in [-0.3, -0.25) is 4.79 Å². The molecule has 226 valence electrons. The number of alkyl carbamates (subject to hydrolysis) is 1. The van der Waals surface area contributed by atoms with Crippen molar-refractivity contribution in [2.45, 2.75) is 71.2 Å². The van der Waals surface area contributed by atoms with Crippen LogP contribution in [-0.2, 0) is 17.8 Å². The summed E-state index contributed by atoms with van der Waals surface area (Å²) in [6.45, 7) is 8.23. The van der Waals surface area contributed by atoms with Gasteiger partial charge in [-0.1, -0.05) is 11.6 Å². The number of hydrogen-bond donors (Lipinski definition) is 1. The first-order valence-corrected chi connectivity index (χ1v) is 15.4. The normalized spacial score (nSPS) is 18.6. The molecule has 1 saturated heterocycles. The number of aromatic nitrogens is 3. The number of ether oxygens (including phenoxy) is 2. The van der Waals surface area contributed by atoms with Gasteiger partial charge in [-0.15, -0.1) is 0 Å². The molecule has 0 unspecified atom stereocenters. The molecule has 1 atom stereocenters. The summed E-state index contributed by atoms with van der Waals surface area (Å²) in [5.74, 6) is 1.31. The minimum Gasteiger partial charge on any atom is -0.489 e. The first-order chi connectivity index (χ1) is 20.6. The second-order valence-corrected chi connectivity index (χ2v) is 13.3. The highest BCUT2D eigenvalue weighted by atomic mass is 35.5. The monoisotopic (exact) mass is 607 g/mol. The minimum absolute atomic E-state index is 0.122. The van der Waals surface area contributed by atoms with Crippen molar-refractivity contribution in [2.75, 3.05) is 19.7 Å². The number of nitrogens with one attached hydrogen (secondary N) is 1. The summed E-state index contributed by atoms with van der Waals surface area (Å²) in [7, 11) is 0. The Balaban J connectivity index is 1.23. The molecule has 2 aliphatic heterocycles. The van der Waals surface area contributed by atoms with Crippen LogP contribution in [0.4, 0.5) is 9.18 Å². The molecule has 9 nitrogen and oxygen atoms in total. The molecule has 0 radical (unpaired) electrons. The molecule has 7 rings (SSSR count). The Kier molecular flexibility index (Phi) is 6.80. The number of rotatable bonds is 5. The predicted molar refractivity (Wildman–Crippen MR) is 162 cm³/mol. The molecule has 43 heavy (non-hydrogen) atoms. The number of fused-ring (bicyclic) bond motifs is 1. The standard InChI is InChI=1S/C32H35ClFN5O4/c1-32(2,3)43-31(41)35-21-5-4-10-37(17-21)30(40)20-13-23-28-25(15-20)42-12-11-38(28)29(36-23)24-14-19-8-9-22(34)26(33)27(19)39(24)16-18-6-7-18/h8-9,13-15,18,21H,4-7,10-12,16-17H2,1-3H3,(H,35,41)/t21-/m1/s1. The highest BCUT2D eigenvalue weighted by Gasteiger charge is 2.31. The summed E-state index contributed by atoms with van der Waals surface area (Å²) in [5, 5.41) is 3.90. The van der Waals surface area contributed by atoms with E-state index in [0.29, 0.717) is 54.5 Å². The Bertz CT molecular complexity index is 1770. The van der Waals surface area contributed by atoms with Crippen molar-refractivity contribution in [3.8, 4) is 17.3 Å². The first kappa shape index (κ1) is 28.0. The van der Waals surface area contributed by atoms with Gasteiger partial charge in [0.2, 0.25) is 0 Å². The molecule has 4 heterocycles. The van der Waals surface area contributed by atoms with Crippen molar-refractivity contribution >= 4 is 45.5 Å². The fraction of sp³-hybridized carbons (Fsp3) is 0.469. The molecule has 4 aromatic rings. The van der Waals surface area contributed by atoms with Crippen LogP contribution < -0.4 is 10.1 Å². The molecule has 3 aliphatic rings. The summed E-state index contributed by atoms with van der Waals surface area (Å²) in [6, 6.07) is 8.61. The Morgan fingerprint density at radius 2 is 1.95 bits per heavy atom. The Labute approximate surface area is 253 Å². The lowest BCUT2D eigenvalue weighted by molar-refractivity contribution is 0.0452. The largest absolute Gasteiger partial charge is 0.489 e. The van der Waals surface area contributed by atoms with Crippen molar-refractivity contribution in [3.05, 3.63) is 46.7 Å². The second kappa shape index (κ2) is 10.4. The van der Waals surface area contributed by atoms with Gasteiger partial charge in [0.15, 0.2) is 5.82 Å². The van der Waals surface area contributed by atoms with E-state index in [0.717, 1.165) is 54.6 Å². The average molecular weight is 608 g/mol. The van der Waals surface area contributed by atoms with E-state index < -0.39 is 17.5 Å². The zero-order valence-corrected chi connectivity index (χ0v) is 25.3. The number of carbonyl (C=O) groups is 2. The van der Waals surface area contributed by atoms with Crippen LogP contribution in [0, 0.1) is 11.7 Å². The SMILES string of the molecule is CC(C)(C)OC(=O)N[C@@H]1CCCN(C(=O)c2cc3c4c(c2)nc(-c2cc5ccc(F)c(Cl)c5n2CC2CC2)n4CCO3)C1. The first-order valence-electron chi connectivity index (χ1n) is 15.0. The zero-order chi connectivity index (χ0) is 30.0. The smallest absolute Gasteiger partial charge is 0.407 e. The van der Waals surface area contributed by atoms with Gasteiger partial charge in [-0.05, 0) is 82.7 Å². The van der Waals surface area contributed by atoms with E-state index in [-0.39, 0.29) is 17.0 Å². The van der Waals surface area contributed by atoms with Crippen LogP contribution >= 0.6 is 11.6 Å². The number of amides is 2. The highest BCUT2D eigenvalue weighted by Crippen LogP contribution is 2.41. The third-order valence-electron chi connectivity index (χ3n) is 8.38. The molecular weight excluding hydrogens is 573 g/mol. The molecule has 2 aromatic heterocycles. The fourth-order valence-corrected chi connectivity index (χ4v) is 6.56. The summed E-state index contributed by atoms with van der Waals surface area (Å²) < 4.78 is 30.3. The summed E-state index contributed by atoms with van der Waals surface area (Å²) in [5.41, 5.74) is 2.95. The van der Waals surface area contributed by atoms with Crippen molar-refractivity contribution in [1.29, 1.82) is 0 Å². The van der Waals surface area contributed by atoms with Gasteiger partial charge in [0.05, 0.1) is 23.3 Å². The van der Waals surface area contributed by atoms with Gasteiger partial charge < -0.3 is 28.8 Å². The molecule has 1 N–H and O–H groups in total. The van der Waals surface area contributed by atoms with Crippen molar-refractivity contribution < 1.29 is 23.5 Å². The maximum atomic E-state index is 14.5. The van der Waals surface area contributed by atoms with Crippen molar-refractivity contribution in [3.63, 3.8) is 0 Å². The van der Waals surface area contributed by atoms with Gasteiger partial charge in [-0.2, -0.15) is 0 Å². The molecule has 0 spiro atoms. The van der Waals surface area contributed by atoms with E-state index in [1.54, 1.807) is 17.0 Å². The van der Waals surface area contributed by atoms with Crippen LogP contribution in [0.1, 0.15) is 56.8 Å². The van der Waals surface area contributed by atoms with Crippen molar-refractivity contribution in [2.24, 2.45) is 5.92 Å². The predicted octanol–water partition coefficient (Wildman–Crippen LogP) is 6.38. The summed E-state index contributed by atoms with van der Waals surface area (Å²) in [6.07, 6.45) is 3.33. The molecule has 2 amide bonds. The quantitative estimate of drug-likeness (QED) is 0.284. The number of carbonyl (C=O) groups excluding carboxylic acids is 2. The topological polar surface area (TPSA) is 90.6 Å². The molecule has 2 fully saturated rings. The van der Waals surface area contributed by atoms with E-state index in [2.05, 4.69) is 14.5 Å². The third kappa shape index (κ3) is 5.30. The number of piperidine rings is 1. The number of hydrogen-bond acceptors (Lipinski definition) is 5. The van der Waals surface area contributed by atoms with Crippen LogP contribution in [-0.4, -0.2) is 62.4 Å². The molecule has 1 aliphatic carbocycles. The Morgan fingerprint density at radius 1 is 1.14 bits per heavy atom. The number of benzene rings is 2. The van der Waals surface area contributed by atoms with E-state index >= 15 is 0 Å². The Hall–Kier alpha value is -3.79. The second-order valence-electron chi connectivity index (χ2n) is 12.9. The van der Waals surface area contributed by atoms with E-state index in [9.17, 15) is 14.0 Å². The van der Waals surface area contributed by atoms with Crippen LogP contribution in [0.15, 0.2) is 30.3 Å². The summed E-state index contributed by atoms with van der Waals surface area (Å²) in [4.78, 5) is 32.9. The summed E-state index contributed by atoms with van der Waals surface area (Å²) >= 11 is 6.50. The lowest BCUT2D eigenvalue weighted by Gasteiger charge is -2.33. The van der Waals surface area contributed by atoms with E-state index in [4.69, 9.17) is 26.1 Å². The van der Waals surface area contributed by atoms with Gasteiger partial charge >= 0.3 is 6.09 Å². The van der Waals surface area contributed by atoms with Gasteiger partial charge in [-0.25, -0.2) is 14.2 Å². The van der Waals surface area contributed by atoms with Crippen LogP contribution in [0.3, 0.4) is 0 Å². The lowest BCUT2D eigenvalue weighted by atomic mass is 10.0. The zero-order valence-electron chi connectivity index (χ0n) is 24.6. The molecular formula is C32H35ClFN5O4. The number of halogens is 2. The maximum absolute atomic E-state index is 14.5. The minimum atomic E-state index is -0.595. The highest BCUT2D eigenvalue weighted by molar-refractivity contribution is 6.35. The maximum Gasteiger partial charge on any atom is 0.407 e. The number of nitrogens with zero attached hydrogens (tertiary/aromatic N) is 4. The van der Waals surface area contributed by atoms with E-state index in [1.165, 1.54) is 6.07 Å². The van der Waals surface area contributed by atoms with Crippen LogP contribution in [0.2, 0.25) is 5.02 Å². The van der Waals surface area contributed by atoms with Crippen molar-refractivity contribution in [1.82, 2.24) is 24.3 Å². The molecule has 1 saturated carbocycles. The lowest BCUT2D eigenvalue weighted by Crippen LogP contribution is -2.50. The third-order valence-corrected chi connectivity index (χ3v) is 8.74. The van der Waals surface area contributed by atoms with Crippen LogP contribution in [0.5, 0.6) is 5.75 Å².